The first-order chi connectivity index (χ1) is 12.8. The van der Waals surface area contributed by atoms with E-state index in [1.807, 2.05) is 24.3 Å². The largest absolute Gasteiger partial charge is 0.529 e. The maximum absolute atomic E-state index is 11.9. The Labute approximate surface area is 162 Å². The second kappa shape index (κ2) is 9.75. The van der Waals surface area contributed by atoms with Crippen LogP contribution in [-0.2, 0) is 27.2 Å². The van der Waals surface area contributed by atoms with Crippen LogP contribution in [0.5, 0.6) is 11.5 Å². The summed E-state index contributed by atoms with van der Waals surface area (Å²) in [5.41, 5.74) is 0. The summed E-state index contributed by atoms with van der Waals surface area (Å²) in [6.45, 7) is 0. The van der Waals surface area contributed by atoms with E-state index >= 15 is 0 Å². The van der Waals surface area contributed by atoms with Crippen molar-refractivity contribution in [3.05, 3.63) is 48.5 Å². The van der Waals surface area contributed by atoms with Crippen molar-refractivity contribution in [2.45, 2.75) is 9.79 Å². The maximum atomic E-state index is 11.9. The Morgan fingerprint density at radius 3 is 1.15 bits per heavy atom. The van der Waals surface area contributed by atoms with Crippen LogP contribution in [0, 0.1) is 0 Å². The molecule has 0 amide bonds. The Hall–Kier alpha value is -1.31. The van der Waals surface area contributed by atoms with Crippen LogP contribution in [0.1, 0.15) is 0 Å². The second-order valence-corrected chi connectivity index (χ2v) is 9.61. The molecule has 0 unspecified atom stereocenters. The highest BCUT2D eigenvalue weighted by Crippen LogP contribution is 2.49. The van der Waals surface area contributed by atoms with E-state index in [1.165, 1.54) is 40.2 Å². The van der Waals surface area contributed by atoms with Crippen molar-refractivity contribution in [2.24, 2.45) is 0 Å². The van der Waals surface area contributed by atoms with Gasteiger partial charge in [-0.15, -0.1) is 0 Å². The Balaban J connectivity index is 2.01. The smallest absolute Gasteiger partial charge is 0.404 e. The van der Waals surface area contributed by atoms with Crippen LogP contribution < -0.4 is 9.05 Å². The van der Waals surface area contributed by atoms with Crippen LogP contribution >= 0.6 is 27.4 Å². The number of benzene rings is 2. The summed E-state index contributed by atoms with van der Waals surface area (Å²) in [6.07, 6.45) is 0. The van der Waals surface area contributed by atoms with Gasteiger partial charge in [-0.25, -0.2) is 9.13 Å². The SMILES string of the molecule is COP(=O)(OC)Oc1ccc(Sc2ccc(OP(=O)(OC)OC)cc2)cc1. The van der Waals surface area contributed by atoms with Crippen molar-refractivity contribution in [1.29, 1.82) is 0 Å². The lowest BCUT2D eigenvalue weighted by Gasteiger charge is -2.14. The van der Waals surface area contributed by atoms with Gasteiger partial charge >= 0.3 is 15.6 Å². The molecule has 2 aromatic rings. The van der Waals surface area contributed by atoms with Crippen molar-refractivity contribution in [2.75, 3.05) is 28.4 Å². The molecule has 0 radical (unpaired) electrons. The van der Waals surface area contributed by atoms with Gasteiger partial charge < -0.3 is 9.05 Å². The van der Waals surface area contributed by atoms with Gasteiger partial charge in [0.05, 0.1) is 0 Å². The average Bonchev–Trinajstić information content (AvgIpc) is 2.70. The molecule has 0 aliphatic heterocycles. The average molecular weight is 434 g/mol. The van der Waals surface area contributed by atoms with Crippen molar-refractivity contribution < 1.29 is 36.3 Å². The summed E-state index contributed by atoms with van der Waals surface area (Å²) in [6, 6.07) is 13.9. The number of rotatable bonds is 10. The van der Waals surface area contributed by atoms with Crippen LogP contribution in [-0.4, -0.2) is 28.4 Å². The molecular weight excluding hydrogens is 414 g/mol. The van der Waals surface area contributed by atoms with Crippen molar-refractivity contribution >= 4 is 27.4 Å². The molecule has 27 heavy (non-hydrogen) atoms. The molecule has 0 N–H and O–H groups in total. The van der Waals surface area contributed by atoms with Crippen LogP contribution in [0.25, 0.3) is 0 Å². The normalized spacial score (nSPS) is 12.0. The molecule has 2 aromatic carbocycles. The van der Waals surface area contributed by atoms with Gasteiger partial charge in [-0.05, 0) is 48.5 Å². The van der Waals surface area contributed by atoms with Gasteiger partial charge in [-0.1, -0.05) is 11.8 Å². The van der Waals surface area contributed by atoms with Gasteiger partial charge in [0.15, 0.2) is 0 Å². The van der Waals surface area contributed by atoms with Crippen LogP contribution in [0.3, 0.4) is 0 Å². The molecule has 0 saturated heterocycles. The lowest BCUT2D eigenvalue weighted by molar-refractivity contribution is 0.210. The first kappa shape index (κ1) is 22.0. The Morgan fingerprint density at radius 2 is 0.889 bits per heavy atom. The van der Waals surface area contributed by atoms with E-state index in [4.69, 9.17) is 27.1 Å². The molecule has 0 spiro atoms. The zero-order valence-electron chi connectivity index (χ0n) is 15.2. The summed E-state index contributed by atoms with van der Waals surface area (Å²) in [5.74, 6) is 0.732. The first-order valence-electron chi connectivity index (χ1n) is 7.55. The van der Waals surface area contributed by atoms with E-state index in [-0.39, 0.29) is 0 Å². The van der Waals surface area contributed by atoms with Crippen LogP contribution in [0.15, 0.2) is 58.3 Å². The fraction of sp³-hybridized carbons (Fsp3) is 0.250. The molecule has 148 valence electrons. The van der Waals surface area contributed by atoms with E-state index < -0.39 is 15.6 Å². The summed E-state index contributed by atoms with van der Waals surface area (Å²) in [5, 5.41) is 0. The van der Waals surface area contributed by atoms with Crippen molar-refractivity contribution in [1.82, 2.24) is 0 Å². The Bertz CT molecular complexity index is 740. The quantitative estimate of drug-likeness (QED) is 0.456. The molecular formula is C16H20O8P2S. The van der Waals surface area contributed by atoms with Gasteiger partial charge in [0.2, 0.25) is 0 Å². The second-order valence-electron chi connectivity index (χ2n) is 4.85. The molecule has 0 heterocycles. The maximum Gasteiger partial charge on any atom is 0.529 e. The fourth-order valence-electron chi connectivity index (χ4n) is 1.83. The van der Waals surface area contributed by atoms with Crippen LogP contribution in [0.2, 0.25) is 0 Å². The highest BCUT2D eigenvalue weighted by atomic mass is 32.2. The van der Waals surface area contributed by atoms with Crippen LogP contribution in [0.4, 0.5) is 0 Å². The van der Waals surface area contributed by atoms with E-state index in [9.17, 15) is 9.13 Å². The molecule has 0 fully saturated rings. The number of hydrogen-bond donors (Lipinski definition) is 0. The molecule has 0 atom stereocenters. The lowest BCUT2D eigenvalue weighted by atomic mass is 10.3. The minimum absolute atomic E-state index is 0.366. The van der Waals surface area contributed by atoms with Gasteiger partial charge in [0.1, 0.15) is 11.5 Å². The third kappa shape index (κ3) is 6.36. The van der Waals surface area contributed by atoms with Gasteiger partial charge in [-0.3, -0.25) is 18.1 Å². The van der Waals surface area contributed by atoms with Gasteiger partial charge in [0.25, 0.3) is 0 Å². The summed E-state index contributed by atoms with van der Waals surface area (Å²) < 4.78 is 53.3. The first-order valence-corrected chi connectivity index (χ1v) is 11.3. The third-order valence-electron chi connectivity index (χ3n) is 3.21. The zero-order valence-corrected chi connectivity index (χ0v) is 17.8. The topological polar surface area (TPSA) is 89.5 Å². The number of phosphoric acid groups is 2. The molecule has 0 aliphatic rings. The molecule has 11 heteroatoms. The van der Waals surface area contributed by atoms with E-state index in [0.717, 1.165) is 9.79 Å². The van der Waals surface area contributed by atoms with Gasteiger partial charge in [0, 0.05) is 38.2 Å². The summed E-state index contributed by atoms with van der Waals surface area (Å²) in [4.78, 5) is 1.86. The molecule has 8 nitrogen and oxygen atoms in total. The molecule has 0 bridgehead atoms. The van der Waals surface area contributed by atoms with Crippen molar-refractivity contribution in [3.8, 4) is 11.5 Å². The molecule has 0 aromatic heterocycles. The minimum Gasteiger partial charge on any atom is -0.404 e. The predicted octanol–water partition coefficient (Wildman–Crippen LogP) is 5.40. The summed E-state index contributed by atoms with van der Waals surface area (Å²) in [7, 11) is -2.15. The van der Waals surface area contributed by atoms with E-state index in [0.29, 0.717) is 11.5 Å². The van der Waals surface area contributed by atoms with E-state index in [1.54, 1.807) is 24.3 Å². The third-order valence-corrected chi connectivity index (χ3v) is 6.89. The molecule has 2 rings (SSSR count). The lowest BCUT2D eigenvalue weighted by Crippen LogP contribution is -1.97. The Morgan fingerprint density at radius 1 is 0.593 bits per heavy atom. The number of phosphoric ester groups is 2. The standard InChI is InChI=1S/C16H20O8P2S/c1-19-25(17,20-2)23-13-5-9-15(10-6-13)27-16-11-7-14(8-12-16)24-26(18,21-3)22-4/h5-12H,1-4H3. The molecule has 0 saturated carbocycles. The number of hydrogen-bond acceptors (Lipinski definition) is 9. The predicted molar refractivity (Wildman–Crippen MR) is 102 cm³/mol. The monoisotopic (exact) mass is 434 g/mol. The fourth-order valence-corrected chi connectivity index (χ4v) is 4.00. The summed E-state index contributed by atoms with van der Waals surface area (Å²) >= 11 is 1.49. The van der Waals surface area contributed by atoms with E-state index in [2.05, 4.69) is 0 Å². The molecule has 0 aliphatic carbocycles. The minimum atomic E-state index is -3.58. The Kier molecular flexibility index (Phi) is 7.94. The highest BCUT2D eigenvalue weighted by Gasteiger charge is 2.25. The van der Waals surface area contributed by atoms with Crippen molar-refractivity contribution in [3.63, 3.8) is 0 Å². The highest BCUT2D eigenvalue weighted by molar-refractivity contribution is 7.99. The van der Waals surface area contributed by atoms with Gasteiger partial charge in [-0.2, -0.15) is 0 Å². The zero-order chi connectivity index (χ0) is 19.9.